The van der Waals surface area contributed by atoms with Gasteiger partial charge in [0.2, 0.25) is 0 Å². The van der Waals surface area contributed by atoms with E-state index in [1.165, 1.54) is 57.8 Å². The van der Waals surface area contributed by atoms with E-state index in [4.69, 9.17) is 4.74 Å². The van der Waals surface area contributed by atoms with E-state index in [0.29, 0.717) is 16.9 Å². The fourth-order valence-corrected chi connectivity index (χ4v) is 9.68. The van der Waals surface area contributed by atoms with Gasteiger partial charge in [-0.2, -0.15) is 0 Å². The van der Waals surface area contributed by atoms with Crippen LogP contribution >= 0.6 is 0 Å². The van der Waals surface area contributed by atoms with Crippen molar-refractivity contribution in [3.63, 3.8) is 0 Å². The fourth-order valence-electron chi connectivity index (χ4n) is 9.68. The van der Waals surface area contributed by atoms with Crippen LogP contribution in [0.25, 0.3) is 0 Å². The Balaban J connectivity index is 1.33. The van der Waals surface area contributed by atoms with Gasteiger partial charge in [0, 0.05) is 11.8 Å². The quantitative estimate of drug-likeness (QED) is 0.525. The minimum atomic E-state index is -0.124. The third-order valence-corrected chi connectivity index (χ3v) is 11.3. The van der Waals surface area contributed by atoms with Gasteiger partial charge < -0.3 is 9.84 Å². The van der Waals surface area contributed by atoms with Crippen molar-refractivity contribution in [2.24, 2.45) is 46.3 Å². The van der Waals surface area contributed by atoms with Crippen LogP contribution < -0.4 is 0 Å². The summed E-state index contributed by atoms with van der Waals surface area (Å²) in [5.41, 5.74) is 0.932. The minimum Gasteiger partial charge on any atom is -0.393 e. The lowest BCUT2D eigenvalue weighted by molar-refractivity contribution is -0.116. The van der Waals surface area contributed by atoms with E-state index >= 15 is 0 Å². The highest BCUT2D eigenvalue weighted by Gasteiger charge is 2.76. The predicted molar refractivity (Wildman–Crippen MR) is 119 cm³/mol. The maximum absolute atomic E-state index is 10.4. The SMILES string of the molecule is CC(C)CCC[C@H](C)[C@@H]1CC[C@@H]2[C@@H]3C[C@@H]4O[C@@]45C[C@H](O)CC[C@]5(C)[C@@H]3CC[C@@]21C. The van der Waals surface area contributed by atoms with Crippen molar-refractivity contribution in [3.05, 3.63) is 0 Å². The van der Waals surface area contributed by atoms with Crippen molar-refractivity contribution in [1.82, 2.24) is 0 Å². The van der Waals surface area contributed by atoms with Gasteiger partial charge in [-0.05, 0) is 85.9 Å². The van der Waals surface area contributed by atoms with Gasteiger partial charge >= 0.3 is 0 Å². The fraction of sp³-hybridized carbons (Fsp3) is 1.00. The van der Waals surface area contributed by atoms with E-state index in [1.54, 1.807) is 0 Å². The average Bonchev–Trinajstić information content (AvgIpc) is 3.22. The molecule has 4 aliphatic carbocycles. The summed E-state index contributed by atoms with van der Waals surface area (Å²) < 4.78 is 6.51. The van der Waals surface area contributed by atoms with Gasteiger partial charge in [-0.15, -0.1) is 0 Å². The molecule has 2 heteroatoms. The molecule has 5 aliphatic rings. The molecule has 1 spiro atoms. The molecule has 5 fully saturated rings. The Morgan fingerprint density at radius 2 is 1.76 bits per heavy atom. The largest absolute Gasteiger partial charge is 0.393 e. The highest BCUT2D eigenvalue weighted by atomic mass is 16.6. The van der Waals surface area contributed by atoms with Crippen LogP contribution in [0.3, 0.4) is 0 Å². The van der Waals surface area contributed by atoms with E-state index in [2.05, 4.69) is 34.6 Å². The van der Waals surface area contributed by atoms with Crippen LogP contribution in [0, 0.1) is 46.3 Å². The lowest BCUT2D eigenvalue weighted by Crippen LogP contribution is -2.58. The number of aliphatic hydroxyl groups excluding tert-OH is 1. The number of hydrogen-bond donors (Lipinski definition) is 1. The number of fused-ring (bicyclic) bond motifs is 4. The first kappa shape index (κ1) is 20.8. The molecule has 5 rings (SSSR count). The second kappa shape index (κ2) is 6.96. The molecule has 0 unspecified atom stereocenters. The molecule has 1 aliphatic heterocycles. The zero-order valence-electron chi connectivity index (χ0n) is 19.8. The summed E-state index contributed by atoms with van der Waals surface area (Å²) in [6.45, 7) is 12.6. The molecule has 166 valence electrons. The second-order valence-electron chi connectivity index (χ2n) is 13.0. The number of aliphatic hydroxyl groups is 1. The maximum atomic E-state index is 10.4. The van der Waals surface area contributed by atoms with Crippen LogP contribution in [0.15, 0.2) is 0 Å². The van der Waals surface area contributed by atoms with E-state index in [0.717, 1.165) is 48.3 Å². The first-order valence-electron chi connectivity index (χ1n) is 13.1. The van der Waals surface area contributed by atoms with Gasteiger partial charge in [-0.25, -0.2) is 0 Å². The van der Waals surface area contributed by atoms with Gasteiger partial charge in [0.25, 0.3) is 0 Å². The zero-order chi connectivity index (χ0) is 20.6. The molecular weight excluding hydrogens is 356 g/mol. The van der Waals surface area contributed by atoms with Gasteiger partial charge in [-0.1, -0.05) is 53.9 Å². The normalized spacial score (nSPS) is 54.3. The summed E-state index contributed by atoms with van der Waals surface area (Å²) in [5.74, 6) is 5.31. The van der Waals surface area contributed by atoms with Crippen molar-refractivity contribution < 1.29 is 9.84 Å². The highest BCUT2D eigenvalue weighted by molar-refractivity contribution is 5.24. The monoisotopic (exact) mass is 402 g/mol. The maximum Gasteiger partial charge on any atom is 0.103 e. The molecule has 0 bridgehead atoms. The van der Waals surface area contributed by atoms with Crippen molar-refractivity contribution in [3.8, 4) is 0 Å². The van der Waals surface area contributed by atoms with E-state index in [9.17, 15) is 5.11 Å². The summed E-state index contributed by atoms with van der Waals surface area (Å²) in [6, 6.07) is 0. The van der Waals surface area contributed by atoms with Crippen molar-refractivity contribution in [2.75, 3.05) is 0 Å². The van der Waals surface area contributed by atoms with Gasteiger partial charge in [-0.3, -0.25) is 0 Å². The summed E-state index contributed by atoms with van der Waals surface area (Å²) in [4.78, 5) is 0. The number of epoxide rings is 1. The molecule has 29 heavy (non-hydrogen) atoms. The molecule has 1 saturated heterocycles. The first-order chi connectivity index (χ1) is 13.7. The van der Waals surface area contributed by atoms with Crippen molar-refractivity contribution in [2.45, 2.75) is 123 Å². The molecule has 1 N–H and O–H groups in total. The Bertz CT molecular complexity index is 630. The van der Waals surface area contributed by atoms with Crippen LogP contribution in [0.2, 0.25) is 0 Å². The zero-order valence-corrected chi connectivity index (χ0v) is 19.8. The predicted octanol–water partition coefficient (Wildman–Crippen LogP) is 6.60. The van der Waals surface area contributed by atoms with E-state index < -0.39 is 0 Å². The Hall–Kier alpha value is -0.0800. The van der Waals surface area contributed by atoms with Crippen molar-refractivity contribution in [1.29, 1.82) is 0 Å². The minimum absolute atomic E-state index is 0.0434. The molecule has 4 saturated carbocycles. The third-order valence-electron chi connectivity index (χ3n) is 11.3. The molecule has 10 atom stereocenters. The van der Waals surface area contributed by atoms with Crippen LogP contribution in [0.5, 0.6) is 0 Å². The summed E-state index contributed by atoms with van der Waals surface area (Å²) in [6.07, 6.45) is 14.8. The topological polar surface area (TPSA) is 32.8 Å². The second-order valence-corrected chi connectivity index (χ2v) is 13.0. The number of rotatable bonds is 5. The molecule has 0 aromatic heterocycles. The first-order valence-corrected chi connectivity index (χ1v) is 13.1. The number of ether oxygens (including phenoxy) is 1. The smallest absolute Gasteiger partial charge is 0.103 e. The lowest BCUT2D eigenvalue weighted by Gasteiger charge is -2.59. The molecule has 0 radical (unpaired) electrons. The van der Waals surface area contributed by atoms with Gasteiger partial charge in [0.1, 0.15) is 5.60 Å². The van der Waals surface area contributed by atoms with Crippen LogP contribution in [0.4, 0.5) is 0 Å². The molecule has 1 heterocycles. The van der Waals surface area contributed by atoms with E-state index in [1.807, 2.05) is 0 Å². The average molecular weight is 403 g/mol. The van der Waals surface area contributed by atoms with Crippen LogP contribution in [-0.2, 0) is 4.74 Å². The Labute approximate surface area is 179 Å². The standard InChI is InChI=1S/C27H46O2/c1-17(2)7-6-8-18(3)21-9-10-22-20-15-24-27(29-24)16-19(28)11-14-26(27,5)23(20)12-13-25(21,22)4/h17-24,28H,6-16H2,1-5H3/t18-,19+,20-,21-,22+,23+,24-,25+,26+,27-/m0/s1. The summed E-state index contributed by atoms with van der Waals surface area (Å²) in [7, 11) is 0. The van der Waals surface area contributed by atoms with E-state index in [-0.39, 0.29) is 11.7 Å². The van der Waals surface area contributed by atoms with Crippen LogP contribution in [0.1, 0.15) is 105 Å². The Kier molecular flexibility index (Phi) is 4.99. The van der Waals surface area contributed by atoms with Gasteiger partial charge in [0.05, 0.1) is 12.2 Å². The number of hydrogen-bond acceptors (Lipinski definition) is 2. The Morgan fingerprint density at radius 3 is 2.52 bits per heavy atom. The lowest BCUT2D eigenvalue weighted by atomic mass is 9.44. The highest BCUT2D eigenvalue weighted by Crippen LogP contribution is 2.74. The molecule has 2 nitrogen and oxygen atoms in total. The molecule has 0 aromatic carbocycles. The summed E-state index contributed by atoms with van der Waals surface area (Å²) in [5, 5.41) is 10.4. The van der Waals surface area contributed by atoms with Gasteiger partial charge in [0.15, 0.2) is 0 Å². The summed E-state index contributed by atoms with van der Waals surface area (Å²) >= 11 is 0. The molecule has 0 amide bonds. The molecule has 0 aromatic rings. The van der Waals surface area contributed by atoms with Crippen molar-refractivity contribution >= 4 is 0 Å². The molecular formula is C27H46O2. The van der Waals surface area contributed by atoms with Crippen LogP contribution in [-0.4, -0.2) is 22.9 Å². The Morgan fingerprint density at radius 1 is 0.966 bits per heavy atom. The third kappa shape index (κ3) is 2.94.